The predicted molar refractivity (Wildman–Crippen MR) is 154 cm³/mol. The van der Waals surface area contributed by atoms with Crippen molar-refractivity contribution in [2.75, 3.05) is 24.5 Å². The monoisotopic (exact) mass is 536 g/mol. The maximum atomic E-state index is 15.5. The van der Waals surface area contributed by atoms with E-state index < -0.39 is 0 Å². The zero-order valence-electron chi connectivity index (χ0n) is 22.9. The van der Waals surface area contributed by atoms with Crippen molar-refractivity contribution in [2.24, 2.45) is 5.92 Å². The molecule has 1 amide bonds. The van der Waals surface area contributed by atoms with Crippen molar-refractivity contribution in [2.45, 2.75) is 51.5 Å². The average Bonchev–Trinajstić information content (AvgIpc) is 3.51. The first kappa shape index (κ1) is 24.9. The van der Waals surface area contributed by atoms with Crippen LogP contribution in [0.2, 0.25) is 0 Å². The van der Waals surface area contributed by atoms with Crippen molar-refractivity contribution in [1.29, 1.82) is 5.41 Å². The Labute approximate surface area is 233 Å². The molecule has 2 atom stereocenters. The van der Waals surface area contributed by atoms with Gasteiger partial charge in [-0.05, 0) is 74.9 Å². The molecule has 2 aromatic carbocycles. The highest BCUT2D eigenvalue weighted by atomic mass is 19.1. The molecule has 7 rings (SSSR count). The molecule has 0 bridgehead atoms. The summed E-state index contributed by atoms with van der Waals surface area (Å²) >= 11 is 0. The van der Waals surface area contributed by atoms with Gasteiger partial charge in [0.05, 0.1) is 11.7 Å². The Hall–Kier alpha value is -4.07. The molecule has 1 N–H and O–H groups in total. The maximum absolute atomic E-state index is 15.5. The Morgan fingerprint density at radius 1 is 1.05 bits per heavy atom. The number of anilines is 1. The summed E-state index contributed by atoms with van der Waals surface area (Å²) in [7, 11) is 0. The number of nitrogens with zero attached hydrogens (tertiary/aromatic N) is 5. The number of nitrogens with one attached hydrogen (secondary N) is 1. The molecule has 3 aliphatic rings. The fourth-order valence-electron chi connectivity index (χ4n) is 6.36. The molecular weight excluding hydrogens is 503 g/mol. The smallest absolute Gasteiger partial charge is 0.273 e. The molecular formula is C32H33FN6O. The summed E-state index contributed by atoms with van der Waals surface area (Å²) in [6.07, 6.45) is 3.84. The highest BCUT2D eigenvalue weighted by Crippen LogP contribution is 2.41. The van der Waals surface area contributed by atoms with Gasteiger partial charge in [0.2, 0.25) is 0 Å². The number of rotatable bonds is 5. The Morgan fingerprint density at radius 2 is 1.88 bits per heavy atom. The molecule has 2 fully saturated rings. The van der Waals surface area contributed by atoms with Crippen LogP contribution < -0.4 is 4.90 Å². The Balaban J connectivity index is 1.21. The second-order valence-electron chi connectivity index (χ2n) is 11.5. The quantitative estimate of drug-likeness (QED) is 0.316. The summed E-state index contributed by atoms with van der Waals surface area (Å²) in [5.41, 5.74) is 6.89. The molecule has 7 nitrogen and oxygen atoms in total. The molecule has 0 unspecified atom stereocenters. The number of aromatic nitrogens is 3. The highest BCUT2D eigenvalue weighted by Gasteiger charge is 2.33. The first-order valence-electron chi connectivity index (χ1n) is 14.3. The summed E-state index contributed by atoms with van der Waals surface area (Å²) in [4.78, 5) is 22.6. The number of hydrogen-bond acceptors (Lipinski definition) is 5. The van der Waals surface area contributed by atoms with Gasteiger partial charge in [0.15, 0.2) is 5.65 Å². The third-order valence-electron chi connectivity index (χ3n) is 8.92. The molecule has 8 heteroatoms. The van der Waals surface area contributed by atoms with Gasteiger partial charge in [-0.1, -0.05) is 24.3 Å². The Kier molecular flexibility index (Phi) is 5.95. The topological polar surface area (TPSA) is 77.6 Å². The van der Waals surface area contributed by atoms with E-state index in [0.717, 1.165) is 50.2 Å². The zero-order chi connectivity index (χ0) is 27.5. The summed E-state index contributed by atoms with van der Waals surface area (Å²) in [6.45, 7) is 6.14. The minimum absolute atomic E-state index is 0.0262. The summed E-state index contributed by atoms with van der Waals surface area (Å²) in [5.74, 6) is 0.152. The maximum Gasteiger partial charge on any atom is 0.273 e. The standard InChI is InChI=1S/C32H33FN6O/c1-19(34)23-11-13-37(18-23)24-9-10-26(27(33)15-24)28-17-31-35-29(16-30(22-7-8-22)39(31)36-28)32(40)38-14-12-21-5-3-4-6-25(21)20(38)2/h3-6,9-10,15-17,20,22-23,34H,7-8,11-14,18H2,1-2H3/t20-,23-/m1/s1. The summed E-state index contributed by atoms with van der Waals surface area (Å²) < 4.78 is 17.3. The van der Waals surface area contributed by atoms with E-state index in [1.165, 1.54) is 11.1 Å². The minimum Gasteiger partial charge on any atom is -0.371 e. The molecule has 1 aliphatic carbocycles. The molecule has 1 saturated heterocycles. The number of carbonyl (C=O) groups excluding carboxylic acids is 1. The lowest BCUT2D eigenvalue weighted by Gasteiger charge is -2.35. The molecule has 0 radical (unpaired) electrons. The number of amides is 1. The van der Waals surface area contributed by atoms with E-state index >= 15 is 4.39 Å². The number of fused-ring (bicyclic) bond motifs is 2. The first-order valence-corrected chi connectivity index (χ1v) is 14.3. The number of halogens is 1. The van der Waals surface area contributed by atoms with Crippen LogP contribution in [0.15, 0.2) is 54.6 Å². The van der Waals surface area contributed by atoms with E-state index in [2.05, 4.69) is 30.0 Å². The molecule has 4 aromatic rings. The minimum atomic E-state index is -0.332. The summed E-state index contributed by atoms with van der Waals surface area (Å²) in [5, 5.41) is 12.7. The van der Waals surface area contributed by atoms with Gasteiger partial charge in [0, 0.05) is 60.2 Å². The SMILES string of the molecule is CC(=N)[C@@H]1CCN(c2ccc(-c3cc4nc(C(=O)N5CCc6ccccc6[C@H]5C)cc(C5CC5)n4n3)c(F)c2)C1. The van der Waals surface area contributed by atoms with E-state index in [9.17, 15) is 4.79 Å². The molecule has 1 saturated carbocycles. The van der Waals surface area contributed by atoms with Gasteiger partial charge < -0.3 is 15.2 Å². The molecule has 204 valence electrons. The third-order valence-corrected chi connectivity index (χ3v) is 8.92. The largest absolute Gasteiger partial charge is 0.371 e. The Bertz CT molecular complexity index is 1660. The van der Waals surface area contributed by atoms with Crippen LogP contribution in [0.4, 0.5) is 10.1 Å². The predicted octanol–water partition coefficient (Wildman–Crippen LogP) is 6.04. The Morgan fingerprint density at radius 3 is 2.62 bits per heavy atom. The van der Waals surface area contributed by atoms with Crippen molar-refractivity contribution in [3.05, 3.63) is 82.9 Å². The van der Waals surface area contributed by atoms with Crippen molar-refractivity contribution >= 4 is 23.0 Å². The van der Waals surface area contributed by atoms with Crippen LogP contribution in [0, 0.1) is 17.1 Å². The van der Waals surface area contributed by atoms with Gasteiger partial charge >= 0.3 is 0 Å². The van der Waals surface area contributed by atoms with Crippen molar-refractivity contribution in [1.82, 2.24) is 19.5 Å². The van der Waals surface area contributed by atoms with Gasteiger partial charge in [-0.2, -0.15) is 5.10 Å². The molecule has 2 aliphatic heterocycles. The van der Waals surface area contributed by atoms with Gasteiger partial charge in [-0.25, -0.2) is 13.9 Å². The van der Waals surface area contributed by atoms with Crippen LogP contribution in [0.5, 0.6) is 0 Å². The average molecular weight is 537 g/mol. The lowest BCUT2D eigenvalue weighted by Crippen LogP contribution is -2.39. The van der Waals surface area contributed by atoms with Crippen molar-refractivity contribution in [3.8, 4) is 11.3 Å². The van der Waals surface area contributed by atoms with Crippen molar-refractivity contribution < 1.29 is 9.18 Å². The first-order chi connectivity index (χ1) is 19.4. The van der Waals surface area contributed by atoms with Crippen LogP contribution in [-0.4, -0.2) is 50.8 Å². The van der Waals surface area contributed by atoms with E-state index in [1.807, 2.05) is 30.0 Å². The summed E-state index contributed by atoms with van der Waals surface area (Å²) in [6, 6.07) is 17.3. The molecule has 40 heavy (non-hydrogen) atoms. The van der Waals surface area contributed by atoms with Crippen LogP contribution in [0.1, 0.15) is 72.4 Å². The van der Waals surface area contributed by atoms with Crippen LogP contribution in [0.25, 0.3) is 16.9 Å². The van der Waals surface area contributed by atoms with Gasteiger partial charge in [-0.15, -0.1) is 0 Å². The normalized spacial score (nSPS) is 20.7. The van der Waals surface area contributed by atoms with Crippen LogP contribution in [0.3, 0.4) is 0 Å². The zero-order valence-corrected chi connectivity index (χ0v) is 22.9. The van der Waals surface area contributed by atoms with Crippen LogP contribution >= 0.6 is 0 Å². The van der Waals surface area contributed by atoms with Crippen molar-refractivity contribution in [3.63, 3.8) is 0 Å². The lowest BCUT2D eigenvalue weighted by molar-refractivity contribution is 0.0671. The number of hydrogen-bond donors (Lipinski definition) is 1. The number of carbonyl (C=O) groups is 1. The molecule has 0 spiro atoms. The van der Waals surface area contributed by atoms with E-state index in [4.69, 9.17) is 15.5 Å². The number of benzene rings is 2. The van der Waals surface area contributed by atoms with E-state index in [-0.39, 0.29) is 23.7 Å². The van der Waals surface area contributed by atoms with Crippen LogP contribution in [-0.2, 0) is 6.42 Å². The van der Waals surface area contributed by atoms with E-state index in [0.29, 0.717) is 40.8 Å². The second-order valence-corrected chi connectivity index (χ2v) is 11.5. The van der Waals surface area contributed by atoms with Gasteiger partial charge in [-0.3, -0.25) is 4.79 Å². The second kappa shape index (κ2) is 9.54. The lowest BCUT2D eigenvalue weighted by atomic mass is 9.93. The fourth-order valence-corrected chi connectivity index (χ4v) is 6.36. The molecule has 2 aromatic heterocycles. The van der Waals surface area contributed by atoms with Gasteiger partial charge in [0.25, 0.3) is 5.91 Å². The highest BCUT2D eigenvalue weighted by molar-refractivity contribution is 5.93. The fraction of sp³-hybridized carbons (Fsp3) is 0.375. The molecule has 4 heterocycles. The van der Waals surface area contributed by atoms with Gasteiger partial charge in [0.1, 0.15) is 11.5 Å². The van der Waals surface area contributed by atoms with E-state index in [1.54, 1.807) is 22.7 Å². The third kappa shape index (κ3) is 4.26.